The van der Waals surface area contributed by atoms with Gasteiger partial charge in [-0.15, -0.1) is 0 Å². The van der Waals surface area contributed by atoms with Crippen LogP contribution in [0, 0.1) is 0 Å². The number of benzene rings is 1. The highest BCUT2D eigenvalue weighted by molar-refractivity contribution is 9.10. The molecule has 1 nitrogen and oxygen atoms in total. The molecule has 2 N–H and O–H groups in total. The van der Waals surface area contributed by atoms with E-state index in [1.165, 1.54) is 28.4 Å². The van der Waals surface area contributed by atoms with Crippen LogP contribution in [0.3, 0.4) is 0 Å². The molecule has 0 amide bonds. The van der Waals surface area contributed by atoms with Crippen LogP contribution in [0.25, 0.3) is 0 Å². The molecule has 0 radical (unpaired) electrons. The summed E-state index contributed by atoms with van der Waals surface area (Å²) >= 11 is 3.62. The van der Waals surface area contributed by atoms with E-state index in [1.54, 1.807) is 0 Å². The Labute approximate surface area is 93.8 Å². The third-order valence-corrected chi connectivity index (χ3v) is 3.78. The van der Waals surface area contributed by atoms with Crippen molar-refractivity contribution in [3.8, 4) is 0 Å². The normalized spacial score (nSPS) is 21.0. The van der Waals surface area contributed by atoms with Gasteiger partial charge in [-0.3, -0.25) is 0 Å². The number of nitrogens with two attached hydrogens (primary N) is 1. The van der Waals surface area contributed by atoms with Crippen LogP contribution in [-0.2, 0) is 6.42 Å². The van der Waals surface area contributed by atoms with Gasteiger partial charge in [0, 0.05) is 15.9 Å². The number of halogens is 1. The largest absolute Gasteiger partial charge is 0.325 e. The molecule has 0 spiro atoms. The van der Waals surface area contributed by atoms with E-state index in [0.29, 0.717) is 5.92 Å². The first-order valence-corrected chi connectivity index (χ1v) is 5.85. The Kier molecular flexibility index (Phi) is 2.44. The zero-order valence-electron chi connectivity index (χ0n) is 8.68. The third-order valence-electron chi connectivity index (χ3n) is 3.09. The van der Waals surface area contributed by atoms with Crippen LogP contribution in [0.2, 0.25) is 0 Å². The van der Waals surface area contributed by atoms with Crippen LogP contribution in [0.4, 0.5) is 0 Å². The number of hydrogen-bond donors (Lipinski definition) is 1. The molecule has 76 valence electrons. The molecule has 1 aliphatic rings. The van der Waals surface area contributed by atoms with Crippen molar-refractivity contribution in [3.05, 3.63) is 33.8 Å². The fraction of sp³-hybridized carbons (Fsp3) is 0.500. The van der Waals surface area contributed by atoms with Gasteiger partial charge < -0.3 is 5.73 Å². The fourth-order valence-electron chi connectivity index (χ4n) is 2.38. The molecular weight excluding hydrogens is 238 g/mol. The minimum atomic E-state index is -0.116. The van der Waals surface area contributed by atoms with Gasteiger partial charge in [0.2, 0.25) is 0 Å². The molecule has 2 rings (SSSR count). The average Bonchev–Trinajstić information content (AvgIpc) is 2.47. The Morgan fingerprint density at radius 3 is 2.79 bits per heavy atom. The number of fused-ring (bicyclic) bond motifs is 1. The van der Waals surface area contributed by atoms with Gasteiger partial charge in [0.1, 0.15) is 0 Å². The topological polar surface area (TPSA) is 26.0 Å². The van der Waals surface area contributed by atoms with E-state index in [1.807, 2.05) is 0 Å². The average molecular weight is 254 g/mol. The highest BCUT2D eigenvalue weighted by Gasteiger charge is 2.33. The Morgan fingerprint density at radius 2 is 2.14 bits per heavy atom. The van der Waals surface area contributed by atoms with E-state index in [2.05, 4.69) is 48.0 Å². The van der Waals surface area contributed by atoms with Gasteiger partial charge in [-0.1, -0.05) is 28.1 Å². The summed E-state index contributed by atoms with van der Waals surface area (Å²) in [6, 6.07) is 6.43. The standard InChI is InChI=1S/C12H16BrN/c1-12(2,14)9-7-6-8-4-3-5-10(13)11(8)9/h3-5,9H,6-7,14H2,1-2H3. The first-order chi connectivity index (χ1) is 6.50. The van der Waals surface area contributed by atoms with Gasteiger partial charge in [-0.2, -0.15) is 0 Å². The summed E-state index contributed by atoms with van der Waals surface area (Å²) in [6.07, 6.45) is 2.35. The molecule has 0 saturated carbocycles. The molecule has 14 heavy (non-hydrogen) atoms. The molecule has 1 aromatic carbocycles. The summed E-state index contributed by atoms with van der Waals surface area (Å²) < 4.78 is 1.22. The Balaban J connectivity index is 2.48. The van der Waals surface area contributed by atoms with Crippen LogP contribution in [-0.4, -0.2) is 5.54 Å². The maximum Gasteiger partial charge on any atom is 0.0213 e. The zero-order valence-corrected chi connectivity index (χ0v) is 10.3. The summed E-state index contributed by atoms with van der Waals surface area (Å²) in [5.74, 6) is 0.494. The summed E-state index contributed by atoms with van der Waals surface area (Å²) in [4.78, 5) is 0. The molecule has 0 bridgehead atoms. The van der Waals surface area contributed by atoms with E-state index in [-0.39, 0.29) is 5.54 Å². The van der Waals surface area contributed by atoms with Gasteiger partial charge in [0.15, 0.2) is 0 Å². The maximum atomic E-state index is 6.20. The molecule has 1 unspecified atom stereocenters. The quantitative estimate of drug-likeness (QED) is 0.818. The monoisotopic (exact) mass is 253 g/mol. The van der Waals surface area contributed by atoms with Gasteiger partial charge in [-0.25, -0.2) is 0 Å². The Hall–Kier alpha value is -0.340. The second-order valence-corrected chi connectivity index (χ2v) is 5.58. The smallest absolute Gasteiger partial charge is 0.0213 e. The van der Waals surface area contributed by atoms with Crippen molar-refractivity contribution < 1.29 is 0 Å². The van der Waals surface area contributed by atoms with E-state index < -0.39 is 0 Å². The van der Waals surface area contributed by atoms with Crippen molar-refractivity contribution in [1.29, 1.82) is 0 Å². The van der Waals surface area contributed by atoms with Crippen LogP contribution in [0.1, 0.15) is 37.3 Å². The minimum absolute atomic E-state index is 0.116. The molecule has 2 heteroatoms. The maximum absolute atomic E-state index is 6.20. The van der Waals surface area contributed by atoms with Crippen LogP contribution < -0.4 is 5.73 Å². The SMILES string of the molecule is CC(C)(N)C1CCc2cccc(Br)c21. The number of aryl methyl sites for hydroxylation is 1. The van der Waals surface area contributed by atoms with Gasteiger partial charge in [-0.05, 0) is 43.9 Å². The molecule has 1 aromatic rings. The molecule has 0 aliphatic heterocycles. The van der Waals surface area contributed by atoms with Gasteiger partial charge >= 0.3 is 0 Å². The van der Waals surface area contributed by atoms with Crippen LogP contribution in [0.15, 0.2) is 22.7 Å². The summed E-state index contributed by atoms with van der Waals surface area (Å²) in [5, 5.41) is 0. The molecule has 1 aliphatic carbocycles. The Morgan fingerprint density at radius 1 is 1.43 bits per heavy atom. The van der Waals surface area contributed by atoms with E-state index >= 15 is 0 Å². The zero-order chi connectivity index (χ0) is 10.3. The van der Waals surface area contributed by atoms with Crippen molar-refractivity contribution in [2.45, 2.75) is 38.1 Å². The summed E-state index contributed by atoms with van der Waals surface area (Å²) in [7, 11) is 0. The van der Waals surface area contributed by atoms with Crippen LogP contribution >= 0.6 is 15.9 Å². The van der Waals surface area contributed by atoms with Crippen molar-refractivity contribution in [2.75, 3.05) is 0 Å². The number of hydrogen-bond acceptors (Lipinski definition) is 1. The lowest BCUT2D eigenvalue weighted by atomic mass is 9.84. The summed E-state index contributed by atoms with van der Waals surface area (Å²) in [5.41, 5.74) is 8.98. The molecule has 0 aromatic heterocycles. The predicted molar refractivity (Wildman–Crippen MR) is 63.5 cm³/mol. The van der Waals surface area contributed by atoms with E-state index in [9.17, 15) is 0 Å². The summed E-state index contributed by atoms with van der Waals surface area (Å²) in [6.45, 7) is 4.23. The van der Waals surface area contributed by atoms with Crippen LogP contribution in [0.5, 0.6) is 0 Å². The van der Waals surface area contributed by atoms with Gasteiger partial charge in [0.05, 0.1) is 0 Å². The lowest BCUT2D eigenvalue weighted by Crippen LogP contribution is -2.38. The van der Waals surface area contributed by atoms with E-state index in [4.69, 9.17) is 5.73 Å². The first-order valence-electron chi connectivity index (χ1n) is 5.06. The molecule has 0 saturated heterocycles. The van der Waals surface area contributed by atoms with Crippen molar-refractivity contribution >= 4 is 15.9 Å². The molecule has 0 fully saturated rings. The van der Waals surface area contributed by atoms with Crippen molar-refractivity contribution in [3.63, 3.8) is 0 Å². The highest BCUT2D eigenvalue weighted by atomic mass is 79.9. The lowest BCUT2D eigenvalue weighted by Gasteiger charge is -2.28. The van der Waals surface area contributed by atoms with E-state index in [0.717, 1.165) is 0 Å². The first kappa shape index (κ1) is 10.2. The minimum Gasteiger partial charge on any atom is -0.325 e. The predicted octanol–water partition coefficient (Wildman–Crippen LogP) is 3.22. The van der Waals surface area contributed by atoms with Crippen molar-refractivity contribution in [2.24, 2.45) is 5.73 Å². The van der Waals surface area contributed by atoms with Gasteiger partial charge in [0.25, 0.3) is 0 Å². The highest BCUT2D eigenvalue weighted by Crippen LogP contribution is 2.42. The molecule has 1 atom stereocenters. The molecule has 0 heterocycles. The number of rotatable bonds is 1. The van der Waals surface area contributed by atoms with Crippen molar-refractivity contribution in [1.82, 2.24) is 0 Å². The fourth-order valence-corrected chi connectivity index (χ4v) is 3.06. The second-order valence-electron chi connectivity index (χ2n) is 4.73. The third kappa shape index (κ3) is 1.61. The second kappa shape index (κ2) is 3.35. The Bertz CT molecular complexity index is 352. The molecular formula is C12H16BrN. The lowest BCUT2D eigenvalue weighted by molar-refractivity contribution is 0.408.